The molecule has 1 aromatic rings. The summed E-state index contributed by atoms with van der Waals surface area (Å²) in [4.78, 5) is 20.6. The first-order valence-electron chi connectivity index (χ1n) is 7.23. The molecule has 2 rings (SSSR count). The Morgan fingerprint density at radius 1 is 1.33 bits per heavy atom. The third-order valence-corrected chi connectivity index (χ3v) is 3.49. The first-order chi connectivity index (χ1) is 9.74. The van der Waals surface area contributed by atoms with Gasteiger partial charge in [-0.15, -0.1) is 0 Å². The second-order valence-corrected chi connectivity index (χ2v) is 6.30. The highest BCUT2D eigenvalue weighted by Crippen LogP contribution is 2.13. The molecule has 6 heteroatoms. The predicted octanol–water partition coefficient (Wildman–Crippen LogP) is 0.501. The average molecular weight is 292 g/mol. The van der Waals surface area contributed by atoms with E-state index < -0.39 is 5.60 Å². The van der Waals surface area contributed by atoms with E-state index in [1.54, 1.807) is 26.0 Å². The summed E-state index contributed by atoms with van der Waals surface area (Å²) in [6.07, 6.45) is 0. The first-order valence-corrected chi connectivity index (χ1v) is 7.23. The lowest BCUT2D eigenvalue weighted by atomic mass is 10.1. The molecule has 1 aliphatic rings. The molecule has 6 nitrogen and oxygen atoms in total. The number of aromatic nitrogens is 1. The maximum absolute atomic E-state index is 12.5. The van der Waals surface area contributed by atoms with Gasteiger partial charge in [0.05, 0.1) is 5.60 Å². The Balaban J connectivity index is 1.97. The number of nitrogen functional groups attached to an aromatic ring is 1. The molecule has 1 amide bonds. The summed E-state index contributed by atoms with van der Waals surface area (Å²) in [5, 5.41) is 9.84. The van der Waals surface area contributed by atoms with Gasteiger partial charge in [-0.05, 0) is 32.9 Å². The van der Waals surface area contributed by atoms with E-state index in [-0.39, 0.29) is 5.91 Å². The lowest BCUT2D eigenvalue weighted by molar-refractivity contribution is 0.0178. The Morgan fingerprint density at radius 2 is 1.95 bits per heavy atom. The number of carbonyl (C=O) groups excluding carboxylic acids is 1. The van der Waals surface area contributed by atoms with Gasteiger partial charge in [0.1, 0.15) is 5.82 Å². The van der Waals surface area contributed by atoms with Crippen LogP contribution in [0.1, 0.15) is 29.9 Å². The number of aryl methyl sites for hydroxylation is 1. The number of hydrogen-bond acceptors (Lipinski definition) is 5. The molecule has 3 N–H and O–H groups in total. The zero-order valence-corrected chi connectivity index (χ0v) is 13.0. The number of nitrogens with two attached hydrogens (primary N) is 1. The highest BCUT2D eigenvalue weighted by Gasteiger charge is 2.25. The van der Waals surface area contributed by atoms with E-state index in [0.717, 1.165) is 18.8 Å². The summed E-state index contributed by atoms with van der Waals surface area (Å²) in [6, 6.07) is 3.39. The maximum atomic E-state index is 12.5. The van der Waals surface area contributed by atoms with Gasteiger partial charge in [-0.2, -0.15) is 0 Å². The summed E-state index contributed by atoms with van der Waals surface area (Å²) in [5.41, 5.74) is 6.34. The third-order valence-electron chi connectivity index (χ3n) is 3.49. The Labute approximate surface area is 125 Å². The van der Waals surface area contributed by atoms with Crippen molar-refractivity contribution in [2.45, 2.75) is 26.4 Å². The van der Waals surface area contributed by atoms with E-state index in [0.29, 0.717) is 31.0 Å². The fraction of sp³-hybridized carbons (Fsp3) is 0.600. The molecule has 0 saturated carbocycles. The number of rotatable bonds is 3. The maximum Gasteiger partial charge on any atom is 0.254 e. The minimum Gasteiger partial charge on any atom is -0.389 e. The van der Waals surface area contributed by atoms with E-state index in [1.807, 2.05) is 11.8 Å². The minimum atomic E-state index is -0.706. The summed E-state index contributed by atoms with van der Waals surface area (Å²) in [6.45, 7) is 8.92. The molecule has 0 atom stereocenters. The molecule has 21 heavy (non-hydrogen) atoms. The summed E-state index contributed by atoms with van der Waals surface area (Å²) in [5.74, 6) is 0.370. The molecule has 1 aromatic heterocycles. The van der Waals surface area contributed by atoms with Gasteiger partial charge < -0.3 is 15.7 Å². The van der Waals surface area contributed by atoms with Gasteiger partial charge in [-0.3, -0.25) is 9.69 Å². The predicted molar refractivity (Wildman–Crippen MR) is 82.0 cm³/mol. The second kappa shape index (κ2) is 5.99. The van der Waals surface area contributed by atoms with Crippen LogP contribution in [0.15, 0.2) is 12.1 Å². The Morgan fingerprint density at radius 3 is 2.48 bits per heavy atom. The van der Waals surface area contributed by atoms with Crippen LogP contribution in [0.2, 0.25) is 0 Å². The number of carbonyl (C=O) groups is 1. The molecule has 1 fully saturated rings. The summed E-state index contributed by atoms with van der Waals surface area (Å²) in [7, 11) is 0. The molecular formula is C15H24N4O2. The van der Waals surface area contributed by atoms with Crippen LogP contribution in [0.3, 0.4) is 0 Å². The molecule has 2 heterocycles. The number of pyridine rings is 1. The number of β-amino-alcohol motifs (C(OH)–C–C–N with tert-alkyl or cyclic N) is 1. The SMILES string of the molecule is Cc1cc(C(=O)N2CCN(CC(C)(C)O)CC2)cc(N)n1. The highest BCUT2D eigenvalue weighted by molar-refractivity contribution is 5.95. The number of aliphatic hydroxyl groups is 1. The van der Waals surface area contributed by atoms with E-state index in [4.69, 9.17) is 5.73 Å². The van der Waals surface area contributed by atoms with Gasteiger partial charge in [-0.1, -0.05) is 0 Å². The molecule has 116 valence electrons. The van der Waals surface area contributed by atoms with Crippen LogP contribution in [-0.4, -0.2) is 64.1 Å². The largest absolute Gasteiger partial charge is 0.389 e. The van der Waals surface area contributed by atoms with Crippen molar-refractivity contribution in [3.8, 4) is 0 Å². The molecule has 0 aliphatic carbocycles. The van der Waals surface area contributed by atoms with Crippen LogP contribution in [0, 0.1) is 6.92 Å². The molecule has 0 unspecified atom stereocenters. The molecule has 0 spiro atoms. The molecule has 0 radical (unpaired) electrons. The van der Waals surface area contributed by atoms with Crippen LogP contribution < -0.4 is 5.73 Å². The topological polar surface area (TPSA) is 82.7 Å². The quantitative estimate of drug-likeness (QED) is 0.848. The number of hydrogen-bond donors (Lipinski definition) is 2. The van der Waals surface area contributed by atoms with Gasteiger partial charge in [-0.25, -0.2) is 4.98 Å². The Bertz CT molecular complexity index is 497. The van der Waals surface area contributed by atoms with E-state index >= 15 is 0 Å². The number of piperazine rings is 1. The van der Waals surface area contributed by atoms with Crippen molar-refractivity contribution in [3.63, 3.8) is 0 Å². The molecular weight excluding hydrogens is 268 g/mol. The normalized spacial score (nSPS) is 17.0. The molecule has 1 saturated heterocycles. The van der Waals surface area contributed by atoms with E-state index in [1.165, 1.54) is 0 Å². The van der Waals surface area contributed by atoms with Crippen molar-refractivity contribution < 1.29 is 9.90 Å². The van der Waals surface area contributed by atoms with Gasteiger partial charge in [0.15, 0.2) is 0 Å². The average Bonchev–Trinajstić information content (AvgIpc) is 2.35. The molecule has 1 aliphatic heterocycles. The van der Waals surface area contributed by atoms with Gasteiger partial charge >= 0.3 is 0 Å². The molecule has 0 aromatic carbocycles. The zero-order chi connectivity index (χ0) is 15.6. The first kappa shape index (κ1) is 15.7. The van der Waals surface area contributed by atoms with Crippen molar-refractivity contribution in [2.75, 3.05) is 38.5 Å². The number of nitrogens with zero attached hydrogens (tertiary/aromatic N) is 3. The summed E-state index contributed by atoms with van der Waals surface area (Å²) >= 11 is 0. The van der Waals surface area contributed by atoms with Crippen LogP contribution in [-0.2, 0) is 0 Å². The van der Waals surface area contributed by atoms with Crippen molar-refractivity contribution in [3.05, 3.63) is 23.4 Å². The number of anilines is 1. The van der Waals surface area contributed by atoms with Crippen LogP contribution in [0.5, 0.6) is 0 Å². The van der Waals surface area contributed by atoms with Crippen molar-refractivity contribution in [2.24, 2.45) is 0 Å². The number of amides is 1. The lowest BCUT2D eigenvalue weighted by Gasteiger charge is -2.37. The van der Waals surface area contributed by atoms with Crippen molar-refractivity contribution in [1.82, 2.24) is 14.8 Å². The smallest absolute Gasteiger partial charge is 0.254 e. The third kappa shape index (κ3) is 4.41. The second-order valence-electron chi connectivity index (χ2n) is 6.30. The Hall–Kier alpha value is -1.66. The highest BCUT2D eigenvalue weighted by atomic mass is 16.3. The fourth-order valence-corrected chi connectivity index (χ4v) is 2.66. The lowest BCUT2D eigenvalue weighted by Crippen LogP contribution is -2.52. The molecule has 0 bridgehead atoms. The fourth-order valence-electron chi connectivity index (χ4n) is 2.66. The van der Waals surface area contributed by atoms with Crippen LogP contribution in [0.4, 0.5) is 5.82 Å². The van der Waals surface area contributed by atoms with Crippen LogP contribution in [0.25, 0.3) is 0 Å². The van der Waals surface area contributed by atoms with Crippen LogP contribution >= 0.6 is 0 Å². The standard InChI is InChI=1S/C15H24N4O2/c1-11-8-12(9-13(16)17-11)14(20)19-6-4-18(5-7-19)10-15(2,3)21/h8-9,21H,4-7,10H2,1-3H3,(H2,16,17). The monoisotopic (exact) mass is 292 g/mol. The summed E-state index contributed by atoms with van der Waals surface area (Å²) < 4.78 is 0. The van der Waals surface area contributed by atoms with Gasteiger partial charge in [0.2, 0.25) is 0 Å². The zero-order valence-electron chi connectivity index (χ0n) is 13.0. The Kier molecular flexibility index (Phi) is 4.49. The van der Waals surface area contributed by atoms with Gasteiger partial charge in [0, 0.05) is 44.0 Å². The minimum absolute atomic E-state index is 0.00453. The van der Waals surface area contributed by atoms with Gasteiger partial charge in [0.25, 0.3) is 5.91 Å². The van der Waals surface area contributed by atoms with Crippen molar-refractivity contribution >= 4 is 11.7 Å². The van der Waals surface area contributed by atoms with E-state index in [2.05, 4.69) is 9.88 Å². The van der Waals surface area contributed by atoms with E-state index in [9.17, 15) is 9.90 Å². The van der Waals surface area contributed by atoms with Crippen molar-refractivity contribution in [1.29, 1.82) is 0 Å².